The van der Waals surface area contributed by atoms with Crippen LogP contribution in [0.2, 0.25) is 0 Å². The van der Waals surface area contributed by atoms with Crippen LogP contribution in [0.1, 0.15) is 22.3 Å². The highest BCUT2D eigenvalue weighted by Gasteiger charge is 2.46. The molecule has 0 aliphatic heterocycles. The van der Waals surface area contributed by atoms with Crippen LogP contribution in [0.25, 0.3) is 77.2 Å². The summed E-state index contributed by atoms with van der Waals surface area (Å²) in [6.45, 7) is 0. The maximum Gasteiger partial charge on any atom is 0.136 e. The zero-order valence-corrected chi connectivity index (χ0v) is 36.7. The molecule has 12 aromatic rings. The van der Waals surface area contributed by atoms with Gasteiger partial charge in [-0.1, -0.05) is 200 Å². The van der Waals surface area contributed by atoms with Crippen LogP contribution in [0, 0.1) is 0 Å². The molecule has 13 rings (SSSR count). The highest BCUT2D eigenvalue weighted by Crippen LogP contribution is 2.57. The van der Waals surface area contributed by atoms with E-state index in [0.717, 1.165) is 55.7 Å². The number of rotatable bonds is 8. The van der Waals surface area contributed by atoms with E-state index in [-0.39, 0.29) is 0 Å². The number of nitrogens with zero attached hydrogens (tertiary/aromatic N) is 1. The number of anilines is 3. The van der Waals surface area contributed by atoms with Gasteiger partial charge in [-0.25, -0.2) is 0 Å². The second kappa shape index (κ2) is 15.8. The van der Waals surface area contributed by atoms with E-state index in [1.807, 2.05) is 12.1 Å². The van der Waals surface area contributed by atoms with Crippen molar-refractivity contribution in [1.82, 2.24) is 0 Å². The predicted molar refractivity (Wildman–Crippen MR) is 280 cm³/mol. The molecule has 0 unspecified atom stereocenters. The second-order valence-electron chi connectivity index (χ2n) is 17.6. The average molecular weight is 854 g/mol. The van der Waals surface area contributed by atoms with Crippen molar-refractivity contribution in [2.45, 2.75) is 5.41 Å². The van der Waals surface area contributed by atoms with Crippen LogP contribution in [0.5, 0.6) is 0 Å². The van der Waals surface area contributed by atoms with Crippen molar-refractivity contribution in [3.8, 4) is 44.5 Å². The van der Waals surface area contributed by atoms with E-state index in [0.29, 0.717) is 0 Å². The second-order valence-corrected chi connectivity index (χ2v) is 17.6. The van der Waals surface area contributed by atoms with Crippen LogP contribution in [0.15, 0.2) is 265 Å². The first-order valence-corrected chi connectivity index (χ1v) is 23.1. The highest BCUT2D eigenvalue weighted by molar-refractivity contribution is 6.12. The first-order valence-electron chi connectivity index (χ1n) is 23.1. The lowest BCUT2D eigenvalue weighted by molar-refractivity contribution is 0.669. The van der Waals surface area contributed by atoms with Gasteiger partial charge in [-0.05, 0) is 138 Å². The SMILES string of the molecule is c1ccc(C2(c3ccccc3)c3ccccc3-c3ccc(-c4ccc(N(c5ccc(-c6cccc7oc8ccccc8c67)cc5)c5cccc(-c6ccc7ccccc7c6)c5)cc4)cc32)cc1. The maximum atomic E-state index is 6.28. The van der Waals surface area contributed by atoms with Crippen LogP contribution in [0.3, 0.4) is 0 Å². The molecule has 0 atom stereocenters. The minimum Gasteiger partial charge on any atom is -0.456 e. The summed E-state index contributed by atoms with van der Waals surface area (Å²) in [5.74, 6) is 0. The lowest BCUT2D eigenvalue weighted by Crippen LogP contribution is -2.28. The van der Waals surface area contributed by atoms with E-state index in [2.05, 4.69) is 254 Å². The molecule has 0 radical (unpaired) electrons. The van der Waals surface area contributed by atoms with Gasteiger partial charge in [-0.15, -0.1) is 0 Å². The molecule has 11 aromatic carbocycles. The summed E-state index contributed by atoms with van der Waals surface area (Å²) in [7, 11) is 0. The minimum atomic E-state index is -0.459. The van der Waals surface area contributed by atoms with Crippen molar-refractivity contribution in [1.29, 1.82) is 0 Å². The molecule has 2 heteroatoms. The summed E-state index contributed by atoms with van der Waals surface area (Å²) in [5, 5.41) is 4.74. The Morgan fingerprint density at radius 1 is 0.299 bits per heavy atom. The molecular weight excluding hydrogens is 811 g/mol. The number of fused-ring (bicyclic) bond motifs is 7. The van der Waals surface area contributed by atoms with Crippen molar-refractivity contribution < 1.29 is 4.42 Å². The maximum absolute atomic E-state index is 6.28. The molecule has 314 valence electrons. The van der Waals surface area contributed by atoms with Crippen molar-refractivity contribution in [3.63, 3.8) is 0 Å². The van der Waals surface area contributed by atoms with E-state index >= 15 is 0 Å². The van der Waals surface area contributed by atoms with Crippen molar-refractivity contribution >= 4 is 49.8 Å². The molecule has 0 fully saturated rings. The third-order valence-electron chi connectivity index (χ3n) is 13.9. The van der Waals surface area contributed by atoms with Crippen molar-refractivity contribution in [2.24, 2.45) is 0 Å². The molecule has 0 bridgehead atoms. The van der Waals surface area contributed by atoms with Crippen LogP contribution < -0.4 is 4.90 Å². The fourth-order valence-electron chi connectivity index (χ4n) is 10.9. The number of hydrogen-bond donors (Lipinski definition) is 0. The Balaban J connectivity index is 0.928. The fourth-order valence-corrected chi connectivity index (χ4v) is 10.9. The Morgan fingerprint density at radius 2 is 0.851 bits per heavy atom. The van der Waals surface area contributed by atoms with E-state index < -0.39 is 5.41 Å². The Kier molecular flexibility index (Phi) is 9.11. The van der Waals surface area contributed by atoms with Gasteiger partial charge in [0.15, 0.2) is 0 Å². The third-order valence-corrected chi connectivity index (χ3v) is 13.9. The molecular formula is C65H43NO. The number of benzene rings is 11. The summed E-state index contributed by atoms with van der Waals surface area (Å²) < 4.78 is 6.28. The van der Waals surface area contributed by atoms with E-state index in [4.69, 9.17) is 4.42 Å². The number of para-hydroxylation sites is 1. The molecule has 1 aliphatic carbocycles. The first-order chi connectivity index (χ1) is 33.2. The summed E-state index contributed by atoms with van der Waals surface area (Å²) in [4.78, 5) is 2.38. The van der Waals surface area contributed by atoms with Gasteiger partial charge in [-0.3, -0.25) is 0 Å². The molecule has 2 nitrogen and oxygen atoms in total. The van der Waals surface area contributed by atoms with Crippen LogP contribution in [-0.4, -0.2) is 0 Å². The molecule has 0 amide bonds. The monoisotopic (exact) mass is 853 g/mol. The summed E-state index contributed by atoms with van der Waals surface area (Å²) in [6, 6.07) is 95.1. The Labute approximate surface area is 390 Å². The van der Waals surface area contributed by atoms with Crippen molar-refractivity contribution in [2.75, 3.05) is 4.90 Å². The molecule has 0 spiro atoms. The largest absolute Gasteiger partial charge is 0.456 e. The van der Waals surface area contributed by atoms with Gasteiger partial charge in [-0.2, -0.15) is 0 Å². The summed E-state index contributed by atoms with van der Waals surface area (Å²) in [5.41, 5.74) is 19.3. The smallest absolute Gasteiger partial charge is 0.136 e. The Hall–Kier alpha value is -8.72. The lowest BCUT2D eigenvalue weighted by atomic mass is 9.67. The van der Waals surface area contributed by atoms with E-state index in [1.54, 1.807) is 0 Å². The minimum absolute atomic E-state index is 0.459. The standard InChI is InChI=1S/C65H43NO/c1-3-18-51(19-4-1)65(52-20-5-2-6-21-52)60-26-11-9-23-57(60)58-40-35-50(43-61(58)65)45-31-36-53(37-32-45)66(55-22-13-17-48(42-55)49-30-29-44-15-7-8-16-47(44)41-49)54-38-33-46(34-39-54)56-25-14-28-63-64(56)59-24-10-12-27-62(59)67-63/h1-43H. The summed E-state index contributed by atoms with van der Waals surface area (Å²) in [6.07, 6.45) is 0. The first kappa shape index (κ1) is 38.7. The Morgan fingerprint density at radius 3 is 1.63 bits per heavy atom. The molecule has 1 aliphatic rings. The molecule has 0 saturated heterocycles. The third kappa shape index (κ3) is 6.33. The normalized spacial score (nSPS) is 12.6. The number of hydrogen-bond acceptors (Lipinski definition) is 2. The summed E-state index contributed by atoms with van der Waals surface area (Å²) >= 11 is 0. The molecule has 1 heterocycles. The van der Waals surface area contributed by atoms with Crippen LogP contribution in [0.4, 0.5) is 17.1 Å². The number of furan rings is 1. The van der Waals surface area contributed by atoms with Gasteiger partial charge < -0.3 is 9.32 Å². The quantitative estimate of drug-likeness (QED) is 0.151. The zero-order valence-electron chi connectivity index (χ0n) is 36.7. The van der Waals surface area contributed by atoms with Gasteiger partial charge in [0.2, 0.25) is 0 Å². The van der Waals surface area contributed by atoms with Crippen LogP contribution >= 0.6 is 0 Å². The van der Waals surface area contributed by atoms with Crippen LogP contribution in [-0.2, 0) is 5.41 Å². The van der Waals surface area contributed by atoms with E-state index in [1.165, 1.54) is 60.8 Å². The topological polar surface area (TPSA) is 16.4 Å². The van der Waals surface area contributed by atoms with E-state index in [9.17, 15) is 0 Å². The lowest BCUT2D eigenvalue weighted by Gasteiger charge is -2.34. The van der Waals surface area contributed by atoms with Gasteiger partial charge >= 0.3 is 0 Å². The molecule has 1 aromatic heterocycles. The van der Waals surface area contributed by atoms with Crippen molar-refractivity contribution in [3.05, 3.63) is 283 Å². The predicted octanol–water partition coefficient (Wildman–Crippen LogP) is 17.6. The fraction of sp³-hybridized carbons (Fsp3) is 0.0154. The van der Waals surface area contributed by atoms with Gasteiger partial charge in [0, 0.05) is 27.8 Å². The average Bonchev–Trinajstić information content (AvgIpc) is 3.94. The molecule has 67 heavy (non-hydrogen) atoms. The Bertz CT molecular complexity index is 3750. The molecule has 0 saturated carbocycles. The molecule has 0 N–H and O–H groups in total. The van der Waals surface area contributed by atoms with Gasteiger partial charge in [0.05, 0.1) is 5.41 Å². The van der Waals surface area contributed by atoms with Gasteiger partial charge in [0.25, 0.3) is 0 Å². The van der Waals surface area contributed by atoms with Gasteiger partial charge in [0.1, 0.15) is 11.2 Å². The highest BCUT2D eigenvalue weighted by atomic mass is 16.3. The zero-order chi connectivity index (χ0) is 44.3.